The molecule has 0 aromatic rings. The fourth-order valence-corrected chi connectivity index (χ4v) is 3.90. The van der Waals surface area contributed by atoms with Gasteiger partial charge >= 0.3 is 0 Å². The maximum atomic E-state index is 9.90. The Morgan fingerprint density at radius 1 is 1.35 bits per heavy atom. The lowest BCUT2D eigenvalue weighted by Crippen LogP contribution is -2.32. The Morgan fingerprint density at radius 3 is 2.71 bits per heavy atom. The van der Waals surface area contributed by atoms with Gasteiger partial charge in [0, 0.05) is 32.0 Å². The van der Waals surface area contributed by atoms with Crippen LogP contribution in [0.1, 0.15) is 32.1 Å². The molecule has 2 aliphatic carbocycles. The third-order valence-electron chi connectivity index (χ3n) is 4.98. The first-order chi connectivity index (χ1) is 8.08. The van der Waals surface area contributed by atoms with E-state index < -0.39 is 0 Å². The molecule has 96 valence electrons. The van der Waals surface area contributed by atoms with Crippen molar-refractivity contribution in [2.75, 3.05) is 19.6 Å². The van der Waals surface area contributed by atoms with E-state index in [1.807, 2.05) is 0 Å². The Bertz CT molecular complexity index is 327. The highest BCUT2D eigenvalue weighted by atomic mass is 16.3. The summed E-state index contributed by atoms with van der Waals surface area (Å²) in [6, 6.07) is 0. The van der Waals surface area contributed by atoms with Crippen LogP contribution in [0.5, 0.6) is 0 Å². The molecule has 0 radical (unpaired) electrons. The molecule has 0 spiro atoms. The quantitative estimate of drug-likeness (QED) is 0.500. The van der Waals surface area contributed by atoms with E-state index in [1.54, 1.807) is 0 Å². The van der Waals surface area contributed by atoms with Crippen LogP contribution in [0.3, 0.4) is 0 Å². The van der Waals surface area contributed by atoms with Gasteiger partial charge in [0.15, 0.2) is 0 Å². The zero-order valence-electron chi connectivity index (χ0n) is 10.4. The molecular weight excluding hydrogens is 214 g/mol. The van der Waals surface area contributed by atoms with Gasteiger partial charge in [-0.2, -0.15) is 0 Å². The number of nitrogens with zero attached hydrogens (tertiary/aromatic N) is 1. The second-order valence-electron chi connectivity index (χ2n) is 6.46. The van der Waals surface area contributed by atoms with Gasteiger partial charge < -0.3 is 15.7 Å². The van der Waals surface area contributed by atoms with Crippen molar-refractivity contribution in [3.8, 4) is 0 Å². The highest BCUT2D eigenvalue weighted by molar-refractivity contribution is 5.78. The van der Waals surface area contributed by atoms with Crippen molar-refractivity contribution in [1.82, 2.24) is 4.90 Å². The van der Waals surface area contributed by atoms with E-state index in [-0.39, 0.29) is 6.10 Å². The van der Waals surface area contributed by atoms with Gasteiger partial charge in [0.1, 0.15) is 0 Å². The van der Waals surface area contributed by atoms with E-state index in [4.69, 9.17) is 11.1 Å². The van der Waals surface area contributed by atoms with Gasteiger partial charge in [-0.15, -0.1) is 0 Å². The van der Waals surface area contributed by atoms with Gasteiger partial charge in [-0.25, -0.2) is 0 Å². The Morgan fingerprint density at radius 2 is 2.12 bits per heavy atom. The molecule has 3 aliphatic rings. The fourth-order valence-electron chi connectivity index (χ4n) is 3.90. The Kier molecular flexibility index (Phi) is 2.67. The fraction of sp³-hybridized carbons (Fsp3) is 0.923. The zero-order valence-corrected chi connectivity index (χ0v) is 10.4. The van der Waals surface area contributed by atoms with E-state index in [2.05, 4.69) is 4.90 Å². The van der Waals surface area contributed by atoms with Gasteiger partial charge in [0.2, 0.25) is 0 Å². The normalized spacial score (nSPS) is 39.2. The summed E-state index contributed by atoms with van der Waals surface area (Å²) in [6.07, 6.45) is 5.35. The Labute approximate surface area is 103 Å². The molecule has 0 bridgehead atoms. The molecule has 1 saturated heterocycles. The number of likely N-dealkylation sites (tertiary alicyclic amines) is 1. The van der Waals surface area contributed by atoms with Crippen molar-refractivity contribution in [1.29, 1.82) is 5.41 Å². The lowest BCUT2D eigenvalue weighted by atomic mass is 9.99. The lowest BCUT2D eigenvalue weighted by molar-refractivity contribution is 0.121. The summed E-state index contributed by atoms with van der Waals surface area (Å²) < 4.78 is 0. The summed E-state index contributed by atoms with van der Waals surface area (Å²) in [5.74, 6) is 1.57. The van der Waals surface area contributed by atoms with Crippen LogP contribution < -0.4 is 5.73 Å². The second-order valence-corrected chi connectivity index (χ2v) is 6.46. The monoisotopic (exact) mass is 237 g/mol. The molecule has 4 N–H and O–H groups in total. The Hall–Kier alpha value is -0.610. The topological polar surface area (TPSA) is 73.3 Å². The first-order valence-corrected chi connectivity index (χ1v) is 6.81. The number of hydrogen-bond donors (Lipinski definition) is 3. The number of nitrogens with two attached hydrogens (primary N) is 1. The van der Waals surface area contributed by atoms with Gasteiger partial charge in [-0.3, -0.25) is 5.41 Å². The van der Waals surface area contributed by atoms with Crippen LogP contribution in [0.4, 0.5) is 0 Å². The molecule has 3 fully saturated rings. The third kappa shape index (κ3) is 2.20. The minimum absolute atomic E-state index is 0.0621. The second kappa shape index (κ2) is 3.95. The molecule has 4 heteroatoms. The van der Waals surface area contributed by atoms with E-state index in [0.717, 1.165) is 38.4 Å². The average Bonchev–Trinajstić information content (AvgIpc) is 2.71. The van der Waals surface area contributed by atoms with Crippen molar-refractivity contribution < 1.29 is 5.11 Å². The van der Waals surface area contributed by atoms with Gasteiger partial charge in [0.25, 0.3) is 0 Å². The molecule has 0 aromatic carbocycles. The molecule has 3 rings (SSSR count). The molecule has 0 amide bonds. The lowest BCUT2D eigenvalue weighted by Gasteiger charge is -2.24. The van der Waals surface area contributed by atoms with E-state index >= 15 is 0 Å². The standard InChI is InChI=1S/C13H23N3O/c14-12(15)5-13(3-4-13)8-16-6-9-1-2-11(17)10(9)7-16/h9-11,17H,1-8H2,(H3,14,15). The van der Waals surface area contributed by atoms with E-state index in [1.165, 1.54) is 19.3 Å². The number of rotatable bonds is 4. The molecule has 17 heavy (non-hydrogen) atoms. The first kappa shape index (κ1) is 11.5. The summed E-state index contributed by atoms with van der Waals surface area (Å²) in [4.78, 5) is 2.51. The molecule has 4 nitrogen and oxygen atoms in total. The summed E-state index contributed by atoms with van der Waals surface area (Å²) in [5, 5.41) is 17.3. The molecule has 0 aromatic heterocycles. The van der Waals surface area contributed by atoms with Crippen LogP contribution in [-0.4, -0.2) is 41.6 Å². The van der Waals surface area contributed by atoms with E-state index in [0.29, 0.717) is 17.2 Å². The molecule has 1 heterocycles. The van der Waals surface area contributed by atoms with Crippen molar-refractivity contribution in [2.45, 2.75) is 38.2 Å². The summed E-state index contributed by atoms with van der Waals surface area (Å²) in [7, 11) is 0. The van der Waals surface area contributed by atoms with Crippen molar-refractivity contribution in [3.63, 3.8) is 0 Å². The predicted octanol–water partition coefficient (Wildman–Crippen LogP) is 0.795. The average molecular weight is 237 g/mol. The molecule has 2 saturated carbocycles. The minimum atomic E-state index is -0.0621. The zero-order chi connectivity index (χ0) is 12.0. The molecule has 1 aliphatic heterocycles. The number of aliphatic hydroxyl groups is 1. The molecule has 3 unspecified atom stereocenters. The summed E-state index contributed by atoms with van der Waals surface area (Å²) in [5.41, 5.74) is 5.85. The number of fused-ring (bicyclic) bond motifs is 1. The largest absolute Gasteiger partial charge is 0.393 e. The van der Waals surface area contributed by atoms with Gasteiger partial charge in [-0.05, 0) is 37.0 Å². The third-order valence-corrected chi connectivity index (χ3v) is 4.98. The number of nitrogens with one attached hydrogen (secondary N) is 1. The van der Waals surface area contributed by atoms with Gasteiger partial charge in [0.05, 0.1) is 11.9 Å². The van der Waals surface area contributed by atoms with Crippen LogP contribution in [-0.2, 0) is 0 Å². The molecular formula is C13H23N3O. The predicted molar refractivity (Wildman–Crippen MR) is 66.9 cm³/mol. The summed E-state index contributed by atoms with van der Waals surface area (Å²) in [6.45, 7) is 3.30. The summed E-state index contributed by atoms with van der Waals surface area (Å²) >= 11 is 0. The van der Waals surface area contributed by atoms with E-state index in [9.17, 15) is 5.11 Å². The van der Waals surface area contributed by atoms with Crippen LogP contribution >= 0.6 is 0 Å². The van der Waals surface area contributed by atoms with Crippen molar-refractivity contribution >= 4 is 5.84 Å². The van der Waals surface area contributed by atoms with Crippen LogP contribution in [0.15, 0.2) is 0 Å². The van der Waals surface area contributed by atoms with Gasteiger partial charge in [-0.1, -0.05) is 0 Å². The van der Waals surface area contributed by atoms with Crippen molar-refractivity contribution in [2.24, 2.45) is 23.0 Å². The van der Waals surface area contributed by atoms with Crippen LogP contribution in [0, 0.1) is 22.7 Å². The maximum Gasteiger partial charge on any atom is 0.0911 e. The SMILES string of the molecule is N=C(N)CC1(CN2CC3CCC(O)C3C2)CC1. The smallest absolute Gasteiger partial charge is 0.0911 e. The minimum Gasteiger partial charge on any atom is -0.393 e. The van der Waals surface area contributed by atoms with Crippen LogP contribution in [0.2, 0.25) is 0 Å². The molecule has 3 atom stereocenters. The highest BCUT2D eigenvalue weighted by Crippen LogP contribution is 2.50. The van der Waals surface area contributed by atoms with Crippen LogP contribution in [0.25, 0.3) is 0 Å². The Balaban J connectivity index is 1.56. The maximum absolute atomic E-state index is 9.90. The highest BCUT2D eigenvalue weighted by Gasteiger charge is 2.48. The number of amidine groups is 1. The first-order valence-electron chi connectivity index (χ1n) is 6.81. The number of aliphatic hydroxyl groups excluding tert-OH is 1. The number of hydrogen-bond acceptors (Lipinski definition) is 3. The van der Waals surface area contributed by atoms with Crippen molar-refractivity contribution in [3.05, 3.63) is 0 Å².